The summed E-state index contributed by atoms with van der Waals surface area (Å²) in [6.07, 6.45) is 15.7. The van der Waals surface area contributed by atoms with Gasteiger partial charge < -0.3 is 10.2 Å². The number of rotatable bonds is 5. The van der Waals surface area contributed by atoms with Crippen LogP contribution in [0.4, 0.5) is 0 Å². The van der Waals surface area contributed by atoms with E-state index in [2.05, 4.69) is 20.2 Å². The van der Waals surface area contributed by atoms with Crippen LogP contribution in [0.2, 0.25) is 0 Å². The minimum absolute atomic E-state index is 0.00442. The van der Waals surface area contributed by atoms with Crippen molar-refractivity contribution in [2.75, 3.05) is 19.6 Å². The molecule has 1 saturated carbocycles. The first-order valence-electron chi connectivity index (χ1n) is 10.3. The molecule has 1 aliphatic carbocycles. The van der Waals surface area contributed by atoms with Gasteiger partial charge in [0.15, 0.2) is 0 Å². The van der Waals surface area contributed by atoms with Gasteiger partial charge in [-0.15, -0.1) is 0 Å². The molecule has 4 rings (SSSR count). The molecule has 0 aromatic carbocycles. The van der Waals surface area contributed by atoms with Gasteiger partial charge in [-0.2, -0.15) is 0 Å². The molecule has 3 heterocycles. The summed E-state index contributed by atoms with van der Waals surface area (Å²) in [5.74, 6) is 1.33. The Morgan fingerprint density at radius 1 is 1.11 bits per heavy atom. The zero-order chi connectivity index (χ0) is 18.5. The van der Waals surface area contributed by atoms with E-state index in [1.807, 2.05) is 22.9 Å². The molecule has 2 fully saturated rings. The Labute approximate surface area is 161 Å². The first kappa shape index (κ1) is 18.2. The monoisotopic (exact) mass is 367 g/mol. The summed E-state index contributed by atoms with van der Waals surface area (Å²) in [6, 6.07) is 3.99. The third kappa shape index (κ3) is 4.56. The highest BCUT2D eigenvalue weighted by molar-refractivity contribution is 5.94. The summed E-state index contributed by atoms with van der Waals surface area (Å²) in [5, 5.41) is 3.30. The first-order valence-corrected chi connectivity index (χ1v) is 10.3. The number of amides is 1. The first-order chi connectivity index (χ1) is 13.3. The molecule has 144 valence electrons. The lowest BCUT2D eigenvalue weighted by Crippen LogP contribution is -2.47. The largest absolute Gasteiger partial charge is 0.349 e. The quantitative estimate of drug-likeness (QED) is 0.882. The normalized spacial score (nSPS) is 23.9. The molecule has 0 spiro atoms. The van der Waals surface area contributed by atoms with E-state index in [1.165, 1.54) is 51.6 Å². The average molecular weight is 367 g/mol. The number of nitrogens with one attached hydrogen (secondary N) is 1. The van der Waals surface area contributed by atoms with E-state index in [0.717, 1.165) is 18.8 Å². The topological polar surface area (TPSA) is 63.1 Å². The standard InChI is InChI=1S/C21H29N5O/c27-21(17-8-9-20(23-14-17)26-13-10-22-16-26)24-19-7-3-2-6-18(19)15-25-11-4-1-5-12-25/h8-10,13-14,16,18-19H,1-7,11-12,15H2,(H,24,27)/t18-,19+/m0/s1. The van der Waals surface area contributed by atoms with Crippen LogP contribution in [0.1, 0.15) is 55.3 Å². The molecule has 1 N–H and O–H groups in total. The van der Waals surface area contributed by atoms with Crippen molar-refractivity contribution in [1.29, 1.82) is 0 Å². The summed E-state index contributed by atoms with van der Waals surface area (Å²) in [4.78, 5) is 23.8. The number of nitrogens with zero attached hydrogens (tertiary/aromatic N) is 4. The van der Waals surface area contributed by atoms with Gasteiger partial charge in [0, 0.05) is 31.2 Å². The summed E-state index contributed by atoms with van der Waals surface area (Å²) >= 11 is 0. The van der Waals surface area contributed by atoms with Gasteiger partial charge in [-0.25, -0.2) is 9.97 Å². The van der Waals surface area contributed by atoms with Crippen LogP contribution < -0.4 is 5.32 Å². The molecule has 27 heavy (non-hydrogen) atoms. The number of carbonyl (C=O) groups excluding carboxylic acids is 1. The summed E-state index contributed by atoms with van der Waals surface area (Å²) in [6.45, 7) is 3.57. The van der Waals surface area contributed by atoms with Crippen LogP contribution in [-0.4, -0.2) is 51.0 Å². The minimum Gasteiger partial charge on any atom is -0.349 e. The maximum Gasteiger partial charge on any atom is 0.253 e. The predicted octanol–water partition coefficient (Wildman–Crippen LogP) is 3.04. The Bertz CT molecular complexity index is 722. The van der Waals surface area contributed by atoms with E-state index in [-0.39, 0.29) is 11.9 Å². The van der Waals surface area contributed by atoms with Gasteiger partial charge in [0.25, 0.3) is 5.91 Å². The fraction of sp³-hybridized carbons (Fsp3) is 0.571. The second-order valence-corrected chi connectivity index (χ2v) is 7.86. The molecule has 2 aliphatic rings. The van der Waals surface area contributed by atoms with Crippen molar-refractivity contribution >= 4 is 5.91 Å². The second kappa shape index (κ2) is 8.65. The van der Waals surface area contributed by atoms with Crippen molar-refractivity contribution in [1.82, 2.24) is 24.8 Å². The Morgan fingerprint density at radius 2 is 1.96 bits per heavy atom. The van der Waals surface area contributed by atoms with Crippen LogP contribution >= 0.6 is 0 Å². The average Bonchev–Trinajstić information content (AvgIpc) is 3.25. The Balaban J connectivity index is 1.37. The molecule has 2 atom stereocenters. The second-order valence-electron chi connectivity index (χ2n) is 7.86. The van der Waals surface area contributed by atoms with E-state index in [4.69, 9.17) is 0 Å². The zero-order valence-corrected chi connectivity index (χ0v) is 15.9. The van der Waals surface area contributed by atoms with Gasteiger partial charge in [-0.1, -0.05) is 19.3 Å². The van der Waals surface area contributed by atoms with Gasteiger partial charge in [-0.05, 0) is 56.8 Å². The number of hydrogen-bond acceptors (Lipinski definition) is 4. The van der Waals surface area contributed by atoms with E-state index in [0.29, 0.717) is 11.5 Å². The third-order valence-corrected chi connectivity index (χ3v) is 5.95. The number of hydrogen-bond donors (Lipinski definition) is 1. The number of carbonyl (C=O) groups is 1. The summed E-state index contributed by atoms with van der Waals surface area (Å²) in [7, 11) is 0. The van der Waals surface area contributed by atoms with Crippen LogP contribution in [0, 0.1) is 5.92 Å². The molecule has 0 unspecified atom stereocenters. The van der Waals surface area contributed by atoms with Crippen molar-refractivity contribution in [3.8, 4) is 5.82 Å². The van der Waals surface area contributed by atoms with Crippen LogP contribution in [0.25, 0.3) is 5.82 Å². The van der Waals surface area contributed by atoms with Crippen LogP contribution in [-0.2, 0) is 0 Å². The van der Waals surface area contributed by atoms with E-state index < -0.39 is 0 Å². The van der Waals surface area contributed by atoms with Crippen molar-refractivity contribution in [3.63, 3.8) is 0 Å². The molecule has 2 aromatic heterocycles. The van der Waals surface area contributed by atoms with Crippen LogP contribution in [0.3, 0.4) is 0 Å². The van der Waals surface area contributed by atoms with Gasteiger partial charge in [0.05, 0.1) is 5.56 Å². The number of imidazole rings is 1. The maximum absolute atomic E-state index is 12.8. The van der Waals surface area contributed by atoms with E-state index in [1.54, 1.807) is 18.7 Å². The van der Waals surface area contributed by atoms with Gasteiger partial charge in [0.2, 0.25) is 0 Å². The molecule has 0 radical (unpaired) electrons. The third-order valence-electron chi connectivity index (χ3n) is 5.95. The number of piperidine rings is 1. The Kier molecular flexibility index (Phi) is 5.82. The lowest BCUT2D eigenvalue weighted by Gasteiger charge is -2.37. The molecule has 6 nitrogen and oxygen atoms in total. The molecule has 1 amide bonds. The smallest absolute Gasteiger partial charge is 0.253 e. The number of likely N-dealkylation sites (tertiary alicyclic amines) is 1. The highest BCUT2D eigenvalue weighted by atomic mass is 16.1. The molecular formula is C21H29N5O. The maximum atomic E-state index is 12.8. The highest BCUT2D eigenvalue weighted by Crippen LogP contribution is 2.26. The Hall–Kier alpha value is -2.21. The molecule has 1 aliphatic heterocycles. The highest BCUT2D eigenvalue weighted by Gasteiger charge is 2.28. The fourth-order valence-electron chi connectivity index (χ4n) is 4.41. The van der Waals surface area contributed by atoms with Gasteiger partial charge in [0.1, 0.15) is 12.1 Å². The minimum atomic E-state index is -0.00442. The number of pyridine rings is 1. The van der Waals surface area contributed by atoms with Crippen LogP contribution in [0.5, 0.6) is 0 Å². The van der Waals surface area contributed by atoms with Gasteiger partial charge >= 0.3 is 0 Å². The molecule has 2 aromatic rings. The molecule has 1 saturated heterocycles. The van der Waals surface area contributed by atoms with Gasteiger partial charge in [-0.3, -0.25) is 9.36 Å². The predicted molar refractivity (Wildman–Crippen MR) is 105 cm³/mol. The van der Waals surface area contributed by atoms with Crippen molar-refractivity contribution in [3.05, 3.63) is 42.6 Å². The Morgan fingerprint density at radius 3 is 2.70 bits per heavy atom. The molecule has 6 heteroatoms. The summed E-state index contributed by atoms with van der Waals surface area (Å²) in [5.41, 5.74) is 0.626. The van der Waals surface area contributed by atoms with Crippen LogP contribution in [0.15, 0.2) is 37.1 Å². The van der Waals surface area contributed by atoms with Crippen molar-refractivity contribution < 1.29 is 4.79 Å². The molecular weight excluding hydrogens is 338 g/mol. The molecule has 0 bridgehead atoms. The zero-order valence-electron chi connectivity index (χ0n) is 15.9. The lowest BCUT2D eigenvalue weighted by atomic mass is 9.83. The van der Waals surface area contributed by atoms with E-state index in [9.17, 15) is 4.79 Å². The fourth-order valence-corrected chi connectivity index (χ4v) is 4.41. The van der Waals surface area contributed by atoms with E-state index >= 15 is 0 Å². The van der Waals surface area contributed by atoms with Crippen molar-refractivity contribution in [2.24, 2.45) is 5.92 Å². The SMILES string of the molecule is O=C(N[C@@H]1CCCC[C@H]1CN1CCCCC1)c1ccc(-n2ccnc2)nc1. The van der Waals surface area contributed by atoms with Crippen molar-refractivity contribution in [2.45, 2.75) is 51.0 Å². The summed E-state index contributed by atoms with van der Waals surface area (Å²) < 4.78 is 1.83. The lowest BCUT2D eigenvalue weighted by molar-refractivity contribution is 0.0877. The number of aromatic nitrogens is 3.